The van der Waals surface area contributed by atoms with Gasteiger partial charge in [-0.25, -0.2) is 4.79 Å². The van der Waals surface area contributed by atoms with Crippen LogP contribution in [0.5, 0.6) is 0 Å². The molecule has 0 aliphatic heterocycles. The molecule has 112 valence electrons. The van der Waals surface area contributed by atoms with Gasteiger partial charge in [-0.2, -0.15) is 0 Å². The summed E-state index contributed by atoms with van der Waals surface area (Å²) in [7, 11) is 1.38. The lowest BCUT2D eigenvalue weighted by Gasteiger charge is -2.13. The molecule has 0 aliphatic rings. The number of hydrogen-bond acceptors (Lipinski definition) is 3. The molecule has 0 saturated heterocycles. The van der Waals surface area contributed by atoms with Crippen LogP contribution in [0.15, 0.2) is 28.9 Å². The van der Waals surface area contributed by atoms with E-state index in [1.54, 1.807) is 6.20 Å². The zero-order valence-corrected chi connectivity index (χ0v) is 12.9. The average molecular weight is 355 g/mol. The maximum absolute atomic E-state index is 11.5. The number of benzene rings is 1. The average Bonchev–Trinajstić information content (AvgIpc) is 2.80. The summed E-state index contributed by atoms with van der Waals surface area (Å²) in [5.41, 5.74) is 1.75. The van der Waals surface area contributed by atoms with Crippen molar-refractivity contribution in [3.63, 3.8) is 0 Å². The first-order valence-corrected chi connectivity index (χ1v) is 7.07. The van der Waals surface area contributed by atoms with E-state index in [1.165, 1.54) is 7.11 Å². The second-order valence-electron chi connectivity index (χ2n) is 4.60. The van der Waals surface area contributed by atoms with Gasteiger partial charge in [0, 0.05) is 35.1 Å². The van der Waals surface area contributed by atoms with E-state index in [0.29, 0.717) is 0 Å². The lowest BCUT2D eigenvalue weighted by atomic mass is 10.1. The van der Waals surface area contributed by atoms with E-state index < -0.39 is 17.9 Å². The third-order valence-corrected chi connectivity index (χ3v) is 3.56. The van der Waals surface area contributed by atoms with Crippen LogP contribution >= 0.6 is 15.9 Å². The number of carboxylic acid groups (broad SMARTS) is 1. The number of fused-ring (bicyclic) bond motifs is 1. The molecule has 0 saturated carbocycles. The fourth-order valence-electron chi connectivity index (χ4n) is 2.11. The molecule has 1 unspecified atom stereocenters. The Hall–Kier alpha value is -1.86. The van der Waals surface area contributed by atoms with E-state index in [2.05, 4.69) is 31.0 Å². The monoisotopic (exact) mass is 354 g/mol. The highest BCUT2D eigenvalue weighted by molar-refractivity contribution is 9.10. The Labute approximate surface area is 129 Å². The summed E-state index contributed by atoms with van der Waals surface area (Å²) in [6.07, 6.45) is 1.96. The Bertz CT molecular complexity index is 668. The molecule has 0 spiro atoms. The zero-order valence-electron chi connectivity index (χ0n) is 11.4. The molecular formula is C14H15BrN2O4. The van der Waals surface area contributed by atoms with E-state index in [1.807, 2.05) is 18.2 Å². The number of carbonyl (C=O) groups excluding carboxylic acids is 1. The molecule has 1 aromatic carbocycles. The van der Waals surface area contributed by atoms with Crippen molar-refractivity contribution in [2.75, 3.05) is 13.7 Å². The van der Waals surface area contributed by atoms with Gasteiger partial charge in [0.05, 0.1) is 0 Å². The highest BCUT2D eigenvalue weighted by atomic mass is 79.9. The van der Waals surface area contributed by atoms with Crippen LogP contribution in [0.25, 0.3) is 10.9 Å². The lowest BCUT2D eigenvalue weighted by Crippen LogP contribution is -2.43. The fraction of sp³-hybridized carbons (Fsp3) is 0.286. The van der Waals surface area contributed by atoms with E-state index in [0.717, 1.165) is 20.9 Å². The zero-order chi connectivity index (χ0) is 15.4. The van der Waals surface area contributed by atoms with Crippen LogP contribution in [0.1, 0.15) is 5.56 Å². The Balaban J connectivity index is 2.20. The molecule has 1 aromatic heterocycles. The minimum absolute atomic E-state index is 0.163. The maximum atomic E-state index is 11.5. The van der Waals surface area contributed by atoms with Crippen LogP contribution in [0.4, 0.5) is 0 Å². The molecule has 1 amide bonds. The first kappa shape index (κ1) is 15.5. The molecule has 3 N–H and O–H groups in total. The standard InChI is InChI=1S/C14H15BrN2O4/c1-21-7-13(18)17-12(14(19)20)4-8-6-16-11-3-2-9(15)5-10(8)11/h2-3,5-6,12,16H,4,7H2,1H3,(H,17,18)(H,19,20). The number of rotatable bonds is 6. The number of carbonyl (C=O) groups is 2. The highest BCUT2D eigenvalue weighted by Crippen LogP contribution is 2.23. The Kier molecular flexibility index (Phi) is 4.98. The lowest BCUT2D eigenvalue weighted by molar-refractivity contribution is -0.142. The van der Waals surface area contributed by atoms with E-state index in [4.69, 9.17) is 0 Å². The summed E-state index contributed by atoms with van der Waals surface area (Å²) >= 11 is 3.39. The molecule has 2 rings (SSSR count). The predicted octanol–water partition coefficient (Wildman–Crippen LogP) is 1.69. The number of ether oxygens (including phenoxy) is 1. The van der Waals surface area contributed by atoms with Crippen molar-refractivity contribution in [1.82, 2.24) is 10.3 Å². The van der Waals surface area contributed by atoms with Gasteiger partial charge >= 0.3 is 5.97 Å². The van der Waals surface area contributed by atoms with Crippen molar-refractivity contribution in [1.29, 1.82) is 0 Å². The van der Waals surface area contributed by atoms with Crippen molar-refractivity contribution in [3.05, 3.63) is 34.4 Å². The molecular weight excluding hydrogens is 340 g/mol. The van der Waals surface area contributed by atoms with Crippen LogP contribution < -0.4 is 5.32 Å². The molecule has 0 fully saturated rings. The van der Waals surface area contributed by atoms with Crippen LogP contribution in [0, 0.1) is 0 Å². The SMILES string of the molecule is COCC(=O)NC(Cc1c[nH]c2ccc(Br)cc12)C(=O)O. The van der Waals surface area contributed by atoms with Crippen molar-refractivity contribution < 1.29 is 19.4 Å². The van der Waals surface area contributed by atoms with Crippen molar-refractivity contribution >= 4 is 38.7 Å². The summed E-state index contributed by atoms with van der Waals surface area (Å²) in [5.74, 6) is -1.53. The molecule has 1 heterocycles. The minimum atomic E-state index is -1.08. The molecule has 0 aliphatic carbocycles. The number of methoxy groups -OCH3 is 1. The van der Waals surface area contributed by atoms with Gasteiger partial charge in [-0.05, 0) is 23.8 Å². The molecule has 7 heteroatoms. The van der Waals surface area contributed by atoms with Crippen LogP contribution in [-0.4, -0.2) is 41.7 Å². The Morgan fingerprint density at radius 1 is 1.48 bits per heavy atom. The molecule has 2 aromatic rings. The predicted molar refractivity (Wildman–Crippen MR) is 81.1 cm³/mol. The number of aliphatic carboxylic acids is 1. The van der Waals surface area contributed by atoms with Crippen molar-refractivity contribution in [2.45, 2.75) is 12.5 Å². The van der Waals surface area contributed by atoms with Crippen molar-refractivity contribution in [2.24, 2.45) is 0 Å². The third kappa shape index (κ3) is 3.83. The van der Waals surface area contributed by atoms with Gasteiger partial charge in [-0.1, -0.05) is 15.9 Å². The summed E-state index contributed by atoms with van der Waals surface area (Å²) in [5, 5.41) is 12.6. The van der Waals surface area contributed by atoms with Gasteiger partial charge in [0.25, 0.3) is 0 Å². The van der Waals surface area contributed by atoms with Gasteiger partial charge < -0.3 is 20.1 Å². The third-order valence-electron chi connectivity index (χ3n) is 3.06. The molecule has 0 radical (unpaired) electrons. The van der Waals surface area contributed by atoms with Crippen LogP contribution in [-0.2, 0) is 20.7 Å². The first-order chi connectivity index (χ1) is 10.0. The van der Waals surface area contributed by atoms with E-state index >= 15 is 0 Å². The number of halogens is 1. The van der Waals surface area contributed by atoms with Gasteiger partial charge in [-0.3, -0.25) is 4.79 Å². The fourth-order valence-corrected chi connectivity index (χ4v) is 2.47. The summed E-state index contributed by atoms with van der Waals surface area (Å²) in [6.45, 7) is -0.163. The topological polar surface area (TPSA) is 91.4 Å². The molecule has 6 nitrogen and oxygen atoms in total. The smallest absolute Gasteiger partial charge is 0.326 e. The van der Waals surface area contributed by atoms with Gasteiger partial charge in [-0.15, -0.1) is 0 Å². The normalized spacial score (nSPS) is 12.3. The Morgan fingerprint density at radius 2 is 2.24 bits per heavy atom. The number of amides is 1. The highest BCUT2D eigenvalue weighted by Gasteiger charge is 2.21. The summed E-state index contributed by atoms with van der Waals surface area (Å²) in [6, 6.07) is 4.72. The van der Waals surface area contributed by atoms with Crippen LogP contribution in [0.2, 0.25) is 0 Å². The maximum Gasteiger partial charge on any atom is 0.326 e. The number of aromatic nitrogens is 1. The largest absolute Gasteiger partial charge is 0.480 e. The number of aromatic amines is 1. The molecule has 21 heavy (non-hydrogen) atoms. The second-order valence-corrected chi connectivity index (χ2v) is 5.51. The first-order valence-electron chi connectivity index (χ1n) is 6.28. The number of carboxylic acids is 1. The Morgan fingerprint density at radius 3 is 2.90 bits per heavy atom. The summed E-state index contributed by atoms with van der Waals surface area (Å²) < 4.78 is 5.60. The summed E-state index contributed by atoms with van der Waals surface area (Å²) in [4.78, 5) is 25.9. The number of H-pyrrole nitrogens is 1. The van der Waals surface area contributed by atoms with Crippen molar-refractivity contribution in [3.8, 4) is 0 Å². The second kappa shape index (κ2) is 6.73. The quantitative estimate of drug-likeness (QED) is 0.735. The van der Waals surface area contributed by atoms with Gasteiger partial charge in [0.2, 0.25) is 5.91 Å². The number of hydrogen-bond donors (Lipinski definition) is 3. The number of nitrogens with one attached hydrogen (secondary N) is 2. The van der Waals surface area contributed by atoms with E-state index in [-0.39, 0.29) is 13.0 Å². The molecule has 0 bridgehead atoms. The molecule has 1 atom stereocenters. The van der Waals surface area contributed by atoms with Gasteiger partial charge in [0.1, 0.15) is 12.6 Å². The minimum Gasteiger partial charge on any atom is -0.480 e. The van der Waals surface area contributed by atoms with Crippen LogP contribution in [0.3, 0.4) is 0 Å². The van der Waals surface area contributed by atoms with Gasteiger partial charge in [0.15, 0.2) is 0 Å². The van der Waals surface area contributed by atoms with E-state index in [9.17, 15) is 14.7 Å².